The van der Waals surface area contributed by atoms with Gasteiger partial charge in [-0.1, -0.05) is 0 Å². The molecule has 1 atom stereocenters. The lowest BCUT2D eigenvalue weighted by molar-refractivity contribution is 0.556. The highest BCUT2D eigenvalue weighted by Gasteiger charge is 2.07. The SMILES string of the molecule is Cc1nc(CNC(C)c2cncc(F)c2)cs1. The van der Waals surface area contributed by atoms with Crippen LogP contribution in [-0.2, 0) is 6.54 Å². The zero-order valence-electron chi connectivity index (χ0n) is 9.77. The van der Waals surface area contributed by atoms with E-state index in [9.17, 15) is 4.39 Å². The predicted molar refractivity (Wildman–Crippen MR) is 66.3 cm³/mol. The first-order valence-electron chi connectivity index (χ1n) is 5.40. The lowest BCUT2D eigenvalue weighted by atomic mass is 10.1. The van der Waals surface area contributed by atoms with Crippen molar-refractivity contribution in [1.29, 1.82) is 0 Å². The number of hydrogen-bond donors (Lipinski definition) is 1. The van der Waals surface area contributed by atoms with Gasteiger partial charge in [0.1, 0.15) is 5.82 Å². The van der Waals surface area contributed by atoms with E-state index in [0.717, 1.165) is 16.3 Å². The molecule has 90 valence electrons. The maximum absolute atomic E-state index is 13.0. The average molecular weight is 251 g/mol. The van der Waals surface area contributed by atoms with Crippen molar-refractivity contribution in [2.24, 2.45) is 0 Å². The van der Waals surface area contributed by atoms with Gasteiger partial charge in [0.2, 0.25) is 0 Å². The number of thiazole rings is 1. The van der Waals surface area contributed by atoms with E-state index in [-0.39, 0.29) is 11.9 Å². The molecule has 0 fully saturated rings. The Morgan fingerprint density at radius 2 is 2.29 bits per heavy atom. The first-order valence-corrected chi connectivity index (χ1v) is 6.28. The van der Waals surface area contributed by atoms with Crippen LogP contribution in [0.5, 0.6) is 0 Å². The number of hydrogen-bond acceptors (Lipinski definition) is 4. The van der Waals surface area contributed by atoms with Gasteiger partial charge in [0.15, 0.2) is 0 Å². The highest BCUT2D eigenvalue weighted by atomic mass is 32.1. The zero-order chi connectivity index (χ0) is 12.3. The molecule has 0 aliphatic heterocycles. The molecule has 17 heavy (non-hydrogen) atoms. The van der Waals surface area contributed by atoms with Crippen LogP contribution in [0.3, 0.4) is 0 Å². The summed E-state index contributed by atoms with van der Waals surface area (Å²) >= 11 is 1.63. The third kappa shape index (κ3) is 3.31. The lowest BCUT2D eigenvalue weighted by Gasteiger charge is -2.12. The van der Waals surface area contributed by atoms with Crippen LogP contribution >= 0.6 is 11.3 Å². The number of nitrogens with one attached hydrogen (secondary N) is 1. The molecule has 0 radical (unpaired) electrons. The Bertz CT molecular complexity index is 498. The maximum Gasteiger partial charge on any atom is 0.141 e. The summed E-state index contributed by atoms with van der Waals surface area (Å²) in [6, 6.07) is 1.55. The van der Waals surface area contributed by atoms with Gasteiger partial charge in [-0.05, 0) is 25.5 Å². The van der Waals surface area contributed by atoms with Crippen molar-refractivity contribution in [2.45, 2.75) is 26.4 Å². The van der Waals surface area contributed by atoms with E-state index >= 15 is 0 Å². The van der Waals surface area contributed by atoms with E-state index in [4.69, 9.17) is 0 Å². The molecule has 1 unspecified atom stereocenters. The molecule has 2 heterocycles. The third-order valence-corrected chi connectivity index (χ3v) is 3.30. The second kappa shape index (κ2) is 5.33. The molecule has 0 aromatic carbocycles. The molecule has 0 amide bonds. The van der Waals surface area contributed by atoms with Gasteiger partial charge in [0, 0.05) is 24.2 Å². The predicted octanol–water partition coefficient (Wildman–Crippen LogP) is 2.84. The van der Waals surface area contributed by atoms with E-state index in [1.54, 1.807) is 17.5 Å². The highest BCUT2D eigenvalue weighted by molar-refractivity contribution is 7.09. The summed E-state index contributed by atoms with van der Waals surface area (Å²) in [5, 5.41) is 6.38. The second-order valence-electron chi connectivity index (χ2n) is 3.90. The number of pyridine rings is 1. The molecule has 0 spiro atoms. The Balaban J connectivity index is 1.95. The molecule has 5 heteroatoms. The topological polar surface area (TPSA) is 37.8 Å². The Morgan fingerprint density at radius 1 is 1.47 bits per heavy atom. The van der Waals surface area contributed by atoms with Crippen LogP contribution in [0.2, 0.25) is 0 Å². The summed E-state index contributed by atoms with van der Waals surface area (Å²) in [4.78, 5) is 8.20. The van der Waals surface area contributed by atoms with E-state index in [1.165, 1.54) is 12.3 Å². The van der Waals surface area contributed by atoms with E-state index in [1.807, 2.05) is 19.2 Å². The average Bonchev–Trinajstić information content (AvgIpc) is 2.72. The van der Waals surface area contributed by atoms with Crippen LogP contribution < -0.4 is 5.32 Å². The van der Waals surface area contributed by atoms with Crippen molar-refractivity contribution in [2.75, 3.05) is 0 Å². The summed E-state index contributed by atoms with van der Waals surface area (Å²) < 4.78 is 13.0. The van der Waals surface area contributed by atoms with Crippen molar-refractivity contribution in [1.82, 2.24) is 15.3 Å². The van der Waals surface area contributed by atoms with Crippen molar-refractivity contribution in [3.05, 3.63) is 45.9 Å². The van der Waals surface area contributed by atoms with Gasteiger partial charge in [-0.15, -0.1) is 11.3 Å². The number of rotatable bonds is 4. The molecule has 0 aliphatic rings. The molecule has 3 nitrogen and oxygen atoms in total. The van der Waals surface area contributed by atoms with Crippen molar-refractivity contribution < 1.29 is 4.39 Å². The Morgan fingerprint density at radius 3 is 2.94 bits per heavy atom. The fourth-order valence-electron chi connectivity index (χ4n) is 1.53. The number of aromatic nitrogens is 2. The minimum atomic E-state index is -0.305. The summed E-state index contributed by atoms with van der Waals surface area (Å²) in [6.07, 6.45) is 2.88. The summed E-state index contributed by atoms with van der Waals surface area (Å²) in [5.41, 5.74) is 1.86. The smallest absolute Gasteiger partial charge is 0.141 e. The van der Waals surface area contributed by atoms with Crippen LogP contribution in [0.25, 0.3) is 0 Å². The second-order valence-corrected chi connectivity index (χ2v) is 4.96. The summed E-state index contributed by atoms with van der Waals surface area (Å²) in [7, 11) is 0. The first-order chi connectivity index (χ1) is 8.15. The first kappa shape index (κ1) is 12.1. The number of nitrogens with zero attached hydrogens (tertiary/aromatic N) is 2. The van der Waals surface area contributed by atoms with Crippen LogP contribution in [0, 0.1) is 12.7 Å². The zero-order valence-corrected chi connectivity index (χ0v) is 10.6. The van der Waals surface area contributed by atoms with Crippen molar-refractivity contribution >= 4 is 11.3 Å². The van der Waals surface area contributed by atoms with E-state index in [2.05, 4.69) is 15.3 Å². The Hall–Kier alpha value is -1.33. The maximum atomic E-state index is 13.0. The molecule has 0 bridgehead atoms. The highest BCUT2D eigenvalue weighted by Crippen LogP contribution is 2.14. The lowest BCUT2D eigenvalue weighted by Crippen LogP contribution is -2.18. The molecule has 0 aliphatic carbocycles. The van der Waals surface area contributed by atoms with E-state index in [0.29, 0.717) is 6.54 Å². The molecule has 2 rings (SSSR count). The van der Waals surface area contributed by atoms with Gasteiger partial charge in [-0.25, -0.2) is 9.37 Å². The largest absolute Gasteiger partial charge is 0.304 e. The van der Waals surface area contributed by atoms with Crippen LogP contribution in [0.15, 0.2) is 23.8 Å². The number of halogens is 1. The number of aryl methyl sites for hydroxylation is 1. The van der Waals surface area contributed by atoms with Gasteiger partial charge in [0.25, 0.3) is 0 Å². The minimum Gasteiger partial charge on any atom is -0.304 e. The summed E-state index contributed by atoms with van der Waals surface area (Å²) in [5.74, 6) is -0.305. The molecule has 0 saturated heterocycles. The third-order valence-electron chi connectivity index (χ3n) is 2.48. The van der Waals surface area contributed by atoms with Gasteiger partial charge < -0.3 is 5.32 Å². The van der Waals surface area contributed by atoms with Crippen LogP contribution in [0.4, 0.5) is 4.39 Å². The minimum absolute atomic E-state index is 0.0557. The molecular weight excluding hydrogens is 237 g/mol. The molecule has 0 saturated carbocycles. The summed E-state index contributed by atoms with van der Waals surface area (Å²) in [6.45, 7) is 4.64. The van der Waals surface area contributed by atoms with Gasteiger partial charge in [-0.3, -0.25) is 4.98 Å². The Labute approximate surface area is 104 Å². The van der Waals surface area contributed by atoms with Crippen molar-refractivity contribution in [3.8, 4) is 0 Å². The fourth-order valence-corrected chi connectivity index (χ4v) is 2.14. The van der Waals surface area contributed by atoms with Crippen LogP contribution in [0.1, 0.15) is 29.2 Å². The standard InChI is InChI=1S/C12H14FN3S/c1-8(10-3-11(13)5-14-4-10)15-6-12-7-17-9(2)16-12/h3-5,7-8,15H,6H2,1-2H3. The molecule has 1 N–H and O–H groups in total. The van der Waals surface area contributed by atoms with Gasteiger partial charge in [-0.2, -0.15) is 0 Å². The molecular formula is C12H14FN3S. The molecule has 2 aromatic rings. The van der Waals surface area contributed by atoms with Crippen molar-refractivity contribution in [3.63, 3.8) is 0 Å². The quantitative estimate of drug-likeness (QED) is 0.908. The monoisotopic (exact) mass is 251 g/mol. The van der Waals surface area contributed by atoms with E-state index < -0.39 is 0 Å². The van der Waals surface area contributed by atoms with Gasteiger partial charge in [0.05, 0.1) is 16.9 Å². The van der Waals surface area contributed by atoms with Gasteiger partial charge >= 0.3 is 0 Å². The van der Waals surface area contributed by atoms with Crippen LogP contribution in [-0.4, -0.2) is 9.97 Å². The molecule has 2 aromatic heterocycles. The Kier molecular flexibility index (Phi) is 3.81. The normalized spacial score (nSPS) is 12.6. The fraction of sp³-hybridized carbons (Fsp3) is 0.333.